The van der Waals surface area contributed by atoms with Crippen molar-refractivity contribution >= 4 is 21.8 Å². The summed E-state index contributed by atoms with van der Waals surface area (Å²) in [6.45, 7) is 2.95. The van der Waals surface area contributed by atoms with E-state index in [9.17, 15) is 4.79 Å². The fourth-order valence-electron chi connectivity index (χ4n) is 1.57. The molecule has 0 saturated heterocycles. The van der Waals surface area contributed by atoms with E-state index in [1.54, 1.807) is 0 Å². The molecule has 1 aromatic heterocycles. The fourth-order valence-corrected chi connectivity index (χ4v) is 2.31. The van der Waals surface area contributed by atoms with Crippen LogP contribution in [-0.4, -0.2) is 34.2 Å². The molecule has 90 valence electrons. The van der Waals surface area contributed by atoms with E-state index >= 15 is 0 Å². The Labute approximate surface area is 104 Å². The van der Waals surface area contributed by atoms with E-state index in [2.05, 4.69) is 28.0 Å². The molecule has 0 unspecified atom stereocenters. The van der Waals surface area contributed by atoms with Crippen molar-refractivity contribution < 1.29 is 4.79 Å². The Morgan fingerprint density at radius 2 is 2.25 bits per heavy atom. The van der Waals surface area contributed by atoms with Crippen molar-refractivity contribution in [3.8, 4) is 0 Å². The van der Waals surface area contributed by atoms with Gasteiger partial charge in [0.05, 0.1) is 22.4 Å². The monoisotopic (exact) mass is 288 g/mol. The number of amides is 1. The van der Waals surface area contributed by atoms with Crippen molar-refractivity contribution in [2.75, 3.05) is 13.6 Å². The van der Waals surface area contributed by atoms with Crippen molar-refractivity contribution in [2.24, 2.45) is 12.8 Å². The first-order valence-electron chi connectivity index (χ1n) is 5.12. The van der Waals surface area contributed by atoms with Gasteiger partial charge < -0.3 is 5.73 Å². The molecule has 1 rings (SSSR count). The molecule has 0 radical (unpaired) electrons. The molecule has 0 spiro atoms. The third kappa shape index (κ3) is 3.05. The summed E-state index contributed by atoms with van der Waals surface area (Å²) in [5, 5.41) is 4.39. The summed E-state index contributed by atoms with van der Waals surface area (Å²) >= 11 is 3.53. The number of likely N-dealkylation sites (N-methyl/N-ethyl adjacent to an activating group) is 1. The minimum absolute atomic E-state index is 0.249. The van der Waals surface area contributed by atoms with E-state index in [1.807, 2.05) is 23.7 Å². The summed E-state index contributed by atoms with van der Waals surface area (Å²) in [5.41, 5.74) is 7.23. The first kappa shape index (κ1) is 13.2. The molecule has 1 heterocycles. The number of primary amides is 1. The molecule has 0 fully saturated rings. The molecule has 0 aromatic carbocycles. The van der Waals surface area contributed by atoms with E-state index < -0.39 is 0 Å². The number of halogens is 1. The van der Waals surface area contributed by atoms with Crippen molar-refractivity contribution in [2.45, 2.75) is 19.9 Å². The van der Waals surface area contributed by atoms with Gasteiger partial charge in [0.15, 0.2) is 0 Å². The predicted octanol–water partition coefficient (Wildman–Crippen LogP) is 0.662. The number of hydrogen-bond acceptors (Lipinski definition) is 3. The SMILES string of the molecule is CCc1nn(C)c(CN(C)CC(N)=O)c1Br. The van der Waals surface area contributed by atoms with Crippen LogP contribution >= 0.6 is 15.9 Å². The van der Waals surface area contributed by atoms with E-state index in [0.717, 1.165) is 22.3 Å². The number of nitrogens with two attached hydrogens (primary N) is 1. The Kier molecular flexibility index (Phi) is 4.49. The van der Waals surface area contributed by atoms with Crippen LogP contribution in [0.15, 0.2) is 4.47 Å². The molecule has 0 aliphatic heterocycles. The van der Waals surface area contributed by atoms with Gasteiger partial charge in [-0.1, -0.05) is 6.92 Å². The first-order chi connectivity index (χ1) is 7.45. The number of hydrogen-bond donors (Lipinski definition) is 1. The predicted molar refractivity (Wildman–Crippen MR) is 65.8 cm³/mol. The normalized spacial score (nSPS) is 11.1. The van der Waals surface area contributed by atoms with Crippen LogP contribution in [-0.2, 0) is 24.8 Å². The van der Waals surface area contributed by atoms with Crippen molar-refractivity contribution in [1.29, 1.82) is 0 Å². The van der Waals surface area contributed by atoms with Crippen LogP contribution in [0.5, 0.6) is 0 Å². The molecule has 1 amide bonds. The summed E-state index contributed by atoms with van der Waals surface area (Å²) in [5.74, 6) is -0.323. The lowest BCUT2D eigenvalue weighted by Crippen LogP contribution is -2.30. The lowest BCUT2D eigenvalue weighted by Gasteiger charge is -2.14. The highest BCUT2D eigenvalue weighted by molar-refractivity contribution is 9.10. The van der Waals surface area contributed by atoms with Crippen LogP contribution < -0.4 is 5.73 Å². The molecular weight excluding hydrogens is 272 g/mol. The average Bonchev–Trinajstić information content (AvgIpc) is 2.44. The lowest BCUT2D eigenvalue weighted by atomic mass is 10.3. The molecular formula is C10H17BrN4O. The second-order valence-corrected chi connectivity index (χ2v) is 4.62. The molecule has 0 aliphatic rings. The van der Waals surface area contributed by atoms with Gasteiger partial charge in [0.2, 0.25) is 5.91 Å². The third-order valence-electron chi connectivity index (χ3n) is 2.35. The van der Waals surface area contributed by atoms with Gasteiger partial charge in [0.25, 0.3) is 0 Å². The van der Waals surface area contributed by atoms with Gasteiger partial charge in [-0.2, -0.15) is 5.10 Å². The molecule has 0 saturated carbocycles. The zero-order chi connectivity index (χ0) is 12.3. The van der Waals surface area contributed by atoms with Crippen LogP contribution in [0.25, 0.3) is 0 Å². The molecule has 2 N–H and O–H groups in total. The van der Waals surface area contributed by atoms with E-state index in [4.69, 9.17) is 5.73 Å². The molecule has 0 atom stereocenters. The van der Waals surface area contributed by atoms with E-state index in [-0.39, 0.29) is 12.5 Å². The highest BCUT2D eigenvalue weighted by Gasteiger charge is 2.14. The van der Waals surface area contributed by atoms with Gasteiger partial charge in [-0.05, 0) is 29.4 Å². The quantitative estimate of drug-likeness (QED) is 0.866. The van der Waals surface area contributed by atoms with Gasteiger partial charge in [0, 0.05) is 13.6 Å². The number of aromatic nitrogens is 2. The van der Waals surface area contributed by atoms with E-state index in [1.165, 1.54) is 0 Å². The smallest absolute Gasteiger partial charge is 0.231 e. The summed E-state index contributed by atoms with van der Waals surface area (Å²) in [6.07, 6.45) is 0.883. The minimum Gasteiger partial charge on any atom is -0.369 e. The van der Waals surface area contributed by atoms with Gasteiger partial charge in [-0.25, -0.2) is 0 Å². The summed E-state index contributed by atoms with van der Waals surface area (Å²) in [6, 6.07) is 0. The molecule has 1 aromatic rings. The maximum absolute atomic E-state index is 10.8. The second kappa shape index (κ2) is 5.45. The maximum Gasteiger partial charge on any atom is 0.231 e. The fraction of sp³-hybridized carbons (Fsp3) is 0.600. The first-order valence-corrected chi connectivity index (χ1v) is 5.92. The van der Waals surface area contributed by atoms with Crippen molar-refractivity contribution in [3.63, 3.8) is 0 Å². The summed E-state index contributed by atoms with van der Waals surface area (Å²) < 4.78 is 2.86. The van der Waals surface area contributed by atoms with Gasteiger partial charge in [-0.3, -0.25) is 14.4 Å². The number of nitrogens with zero attached hydrogens (tertiary/aromatic N) is 3. The minimum atomic E-state index is -0.323. The van der Waals surface area contributed by atoms with E-state index in [0.29, 0.717) is 6.54 Å². The number of rotatable bonds is 5. The number of carbonyl (C=O) groups excluding carboxylic acids is 1. The van der Waals surface area contributed by atoms with Crippen LogP contribution in [0.3, 0.4) is 0 Å². The Morgan fingerprint density at radius 1 is 1.62 bits per heavy atom. The Bertz CT molecular complexity index is 388. The molecule has 0 aliphatic carbocycles. The van der Waals surface area contributed by atoms with Crippen molar-refractivity contribution in [3.05, 3.63) is 15.9 Å². The van der Waals surface area contributed by atoms with Gasteiger partial charge in [-0.15, -0.1) is 0 Å². The third-order valence-corrected chi connectivity index (χ3v) is 3.26. The van der Waals surface area contributed by atoms with Gasteiger partial charge >= 0.3 is 0 Å². The van der Waals surface area contributed by atoms with Crippen molar-refractivity contribution in [1.82, 2.24) is 14.7 Å². The maximum atomic E-state index is 10.8. The Morgan fingerprint density at radius 3 is 2.69 bits per heavy atom. The molecule has 5 nitrogen and oxygen atoms in total. The average molecular weight is 289 g/mol. The Hall–Kier alpha value is -0.880. The van der Waals surface area contributed by atoms with Crippen LogP contribution in [0, 0.1) is 0 Å². The van der Waals surface area contributed by atoms with Crippen LogP contribution in [0.1, 0.15) is 18.3 Å². The second-order valence-electron chi connectivity index (χ2n) is 3.82. The van der Waals surface area contributed by atoms with Gasteiger partial charge in [0.1, 0.15) is 0 Å². The molecule has 6 heteroatoms. The van der Waals surface area contributed by atoms with Crippen LogP contribution in [0.2, 0.25) is 0 Å². The zero-order valence-electron chi connectivity index (χ0n) is 9.83. The van der Waals surface area contributed by atoms with Crippen LogP contribution in [0.4, 0.5) is 0 Å². The molecule has 16 heavy (non-hydrogen) atoms. The molecule has 0 bridgehead atoms. The summed E-state index contributed by atoms with van der Waals surface area (Å²) in [7, 11) is 3.76. The largest absolute Gasteiger partial charge is 0.369 e. The topological polar surface area (TPSA) is 64.2 Å². The highest BCUT2D eigenvalue weighted by atomic mass is 79.9. The Balaban J connectivity index is 2.80. The summed E-state index contributed by atoms with van der Waals surface area (Å²) in [4.78, 5) is 12.6. The standard InChI is InChI=1S/C10H17BrN4O/c1-4-7-10(11)8(15(3)13-7)5-14(2)6-9(12)16/h4-6H2,1-3H3,(H2,12,16). The number of aryl methyl sites for hydroxylation is 2. The lowest BCUT2D eigenvalue weighted by molar-refractivity contribution is -0.118. The number of carbonyl (C=O) groups is 1. The highest BCUT2D eigenvalue weighted by Crippen LogP contribution is 2.22. The zero-order valence-corrected chi connectivity index (χ0v) is 11.4.